The number of rotatable bonds is 4. The van der Waals surface area contributed by atoms with Crippen LogP contribution in [0.1, 0.15) is 6.92 Å². The minimum absolute atomic E-state index is 0.236. The van der Waals surface area contributed by atoms with Crippen molar-refractivity contribution in [3.63, 3.8) is 0 Å². The Morgan fingerprint density at radius 2 is 1.58 bits per heavy atom. The van der Waals surface area contributed by atoms with Crippen molar-refractivity contribution in [3.8, 4) is 0 Å². The molecule has 0 saturated heterocycles. The number of amides is 1. The summed E-state index contributed by atoms with van der Waals surface area (Å²) >= 11 is 0. The van der Waals surface area contributed by atoms with Crippen LogP contribution in [0.25, 0.3) is 0 Å². The SMILES string of the molecule is C/C(=C/C(=O)Nc1ccccn1)Nc1ccccn1. The maximum atomic E-state index is 11.7. The topological polar surface area (TPSA) is 66.9 Å². The number of carbonyl (C=O) groups excluding carboxylic acids is 1. The molecule has 19 heavy (non-hydrogen) atoms. The van der Waals surface area contributed by atoms with Crippen LogP contribution < -0.4 is 10.6 Å². The second kappa shape index (κ2) is 6.30. The summed E-state index contributed by atoms with van der Waals surface area (Å²) in [5, 5.41) is 5.70. The molecule has 0 aromatic carbocycles. The summed E-state index contributed by atoms with van der Waals surface area (Å²) in [4.78, 5) is 19.9. The number of hydrogen-bond acceptors (Lipinski definition) is 4. The van der Waals surface area contributed by atoms with Gasteiger partial charge in [0.1, 0.15) is 11.6 Å². The third-order valence-corrected chi connectivity index (χ3v) is 2.25. The highest BCUT2D eigenvalue weighted by Gasteiger charge is 2.00. The van der Waals surface area contributed by atoms with E-state index < -0.39 is 0 Å². The zero-order valence-electron chi connectivity index (χ0n) is 10.5. The van der Waals surface area contributed by atoms with Gasteiger partial charge in [-0.2, -0.15) is 0 Å². The maximum Gasteiger partial charge on any atom is 0.251 e. The molecule has 96 valence electrons. The summed E-state index contributed by atoms with van der Waals surface area (Å²) in [6.07, 6.45) is 4.77. The summed E-state index contributed by atoms with van der Waals surface area (Å²) in [5.74, 6) is 0.982. The molecular formula is C14H14N4O. The van der Waals surface area contributed by atoms with Crippen molar-refractivity contribution in [1.82, 2.24) is 9.97 Å². The predicted octanol–water partition coefficient (Wildman–Crippen LogP) is 2.43. The predicted molar refractivity (Wildman–Crippen MR) is 74.5 cm³/mol. The molecule has 2 heterocycles. The molecule has 0 fully saturated rings. The second-order valence-corrected chi connectivity index (χ2v) is 3.87. The summed E-state index contributed by atoms with van der Waals surface area (Å²) in [7, 11) is 0. The van der Waals surface area contributed by atoms with Gasteiger partial charge in [-0.15, -0.1) is 0 Å². The standard InChI is InChI=1S/C14H14N4O/c1-11(17-12-6-2-4-8-15-12)10-14(19)18-13-7-3-5-9-16-13/h2-10H,1H3,(H,15,17)(H,16,18,19)/b11-10-. The van der Waals surface area contributed by atoms with Crippen molar-refractivity contribution in [3.05, 3.63) is 60.6 Å². The first-order valence-corrected chi connectivity index (χ1v) is 5.82. The Morgan fingerprint density at radius 3 is 2.11 bits per heavy atom. The van der Waals surface area contributed by atoms with Crippen LogP contribution in [-0.4, -0.2) is 15.9 Å². The molecule has 0 aliphatic rings. The van der Waals surface area contributed by atoms with E-state index in [1.54, 1.807) is 31.5 Å². The fourth-order valence-electron chi connectivity index (χ4n) is 1.47. The number of pyridine rings is 2. The van der Waals surface area contributed by atoms with Gasteiger partial charge in [0, 0.05) is 24.2 Å². The molecule has 5 heteroatoms. The van der Waals surface area contributed by atoms with E-state index in [9.17, 15) is 4.79 Å². The lowest BCUT2D eigenvalue weighted by Crippen LogP contribution is -2.11. The van der Waals surface area contributed by atoms with Crippen molar-refractivity contribution in [2.45, 2.75) is 6.92 Å². The van der Waals surface area contributed by atoms with Gasteiger partial charge >= 0.3 is 0 Å². The lowest BCUT2D eigenvalue weighted by atomic mass is 10.3. The molecule has 0 radical (unpaired) electrons. The lowest BCUT2D eigenvalue weighted by Gasteiger charge is -2.05. The molecule has 5 nitrogen and oxygen atoms in total. The van der Waals surface area contributed by atoms with Crippen molar-refractivity contribution >= 4 is 17.5 Å². The highest BCUT2D eigenvalue weighted by molar-refractivity contribution is 5.99. The summed E-state index contributed by atoms with van der Waals surface area (Å²) in [6.45, 7) is 1.80. The van der Waals surface area contributed by atoms with E-state index in [0.717, 1.165) is 0 Å². The van der Waals surface area contributed by atoms with E-state index >= 15 is 0 Å². The number of allylic oxidation sites excluding steroid dienone is 1. The minimum Gasteiger partial charge on any atom is -0.344 e. The van der Waals surface area contributed by atoms with Gasteiger partial charge in [-0.25, -0.2) is 9.97 Å². The molecule has 2 rings (SSSR count). The fraction of sp³-hybridized carbons (Fsp3) is 0.0714. The van der Waals surface area contributed by atoms with Crippen LogP contribution >= 0.6 is 0 Å². The monoisotopic (exact) mass is 254 g/mol. The number of nitrogens with one attached hydrogen (secondary N) is 2. The second-order valence-electron chi connectivity index (χ2n) is 3.87. The summed E-state index contributed by atoms with van der Waals surface area (Å²) in [5.41, 5.74) is 0.701. The average Bonchev–Trinajstić information content (AvgIpc) is 2.40. The van der Waals surface area contributed by atoms with Crippen LogP contribution in [0.5, 0.6) is 0 Å². The summed E-state index contributed by atoms with van der Waals surface area (Å²) in [6, 6.07) is 10.9. The Morgan fingerprint density at radius 1 is 1.00 bits per heavy atom. The van der Waals surface area contributed by atoms with Crippen molar-refractivity contribution in [1.29, 1.82) is 0 Å². The molecule has 1 amide bonds. The van der Waals surface area contributed by atoms with Gasteiger partial charge in [-0.1, -0.05) is 12.1 Å². The van der Waals surface area contributed by atoms with Crippen LogP contribution in [-0.2, 0) is 4.79 Å². The third kappa shape index (κ3) is 4.23. The number of nitrogens with zero attached hydrogens (tertiary/aromatic N) is 2. The van der Waals surface area contributed by atoms with Gasteiger partial charge in [0.2, 0.25) is 0 Å². The van der Waals surface area contributed by atoms with Crippen LogP contribution in [0.4, 0.5) is 11.6 Å². The Hall–Kier alpha value is -2.69. The number of hydrogen-bond donors (Lipinski definition) is 2. The van der Waals surface area contributed by atoms with E-state index in [-0.39, 0.29) is 5.91 Å². The van der Waals surface area contributed by atoms with E-state index in [1.165, 1.54) is 6.08 Å². The molecule has 0 spiro atoms. The first-order chi connectivity index (χ1) is 9.24. The number of carbonyl (C=O) groups is 1. The molecule has 2 N–H and O–H groups in total. The normalized spacial score (nSPS) is 10.9. The van der Waals surface area contributed by atoms with Crippen molar-refractivity contribution in [2.75, 3.05) is 10.6 Å². The highest BCUT2D eigenvalue weighted by atomic mass is 16.1. The highest BCUT2D eigenvalue weighted by Crippen LogP contribution is 2.05. The first kappa shape index (κ1) is 12.8. The molecular weight excluding hydrogens is 240 g/mol. The van der Waals surface area contributed by atoms with E-state index in [2.05, 4.69) is 20.6 Å². The Kier molecular flexibility index (Phi) is 4.23. The van der Waals surface area contributed by atoms with Crippen molar-refractivity contribution < 1.29 is 4.79 Å². The van der Waals surface area contributed by atoms with Gasteiger partial charge in [-0.3, -0.25) is 4.79 Å². The molecule has 0 aliphatic carbocycles. The largest absolute Gasteiger partial charge is 0.344 e. The number of anilines is 2. The molecule has 2 aromatic rings. The van der Waals surface area contributed by atoms with Gasteiger partial charge in [0.15, 0.2) is 0 Å². The molecule has 2 aromatic heterocycles. The molecule has 0 atom stereocenters. The third-order valence-electron chi connectivity index (χ3n) is 2.25. The van der Waals surface area contributed by atoms with E-state index in [1.807, 2.05) is 24.3 Å². The smallest absolute Gasteiger partial charge is 0.251 e. The van der Waals surface area contributed by atoms with E-state index in [4.69, 9.17) is 0 Å². The quantitative estimate of drug-likeness (QED) is 0.822. The van der Waals surface area contributed by atoms with Crippen LogP contribution in [0.15, 0.2) is 60.6 Å². The fourth-order valence-corrected chi connectivity index (χ4v) is 1.47. The zero-order valence-corrected chi connectivity index (χ0v) is 10.5. The van der Waals surface area contributed by atoms with Gasteiger partial charge < -0.3 is 10.6 Å². The van der Waals surface area contributed by atoms with Crippen molar-refractivity contribution in [2.24, 2.45) is 0 Å². The summed E-state index contributed by atoms with van der Waals surface area (Å²) < 4.78 is 0. The Balaban J connectivity index is 1.95. The van der Waals surface area contributed by atoms with Gasteiger partial charge in [0.25, 0.3) is 5.91 Å². The molecule has 0 saturated carbocycles. The average molecular weight is 254 g/mol. The van der Waals surface area contributed by atoms with E-state index in [0.29, 0.717) is 17.3 Å². The van der Waals surface area contributed by atoms with Crippen LogP contribution in [0.3, 0.4) is 0 Å². The Bertz CT molecular complexity index is 567. The zero-order chi connectivity index (χ0) is 13.5. The van der Waals surface area contributed by atoms with Gasteiger partial charge in [0.05, 0.1) is 0 Å². The molecule has 0 aliphatic heterocycles. The Labute approximate surface area is 111 Å². The number of aromatic nitrogens is 2. The molecule has 0 unspecified atom stereocenters. The van der Waals surface area contributed by atoms with Gasteiger partial charge in [-0.05, 0) is 31.2 Å². The maximum absolute atomic E-state index is 11.7. The lowest BCUT2D eigenvalue weighted by molar-refractivity contribution is -0.112. The van der Waals surface area contributed by atoms with Crippen LogP contribution in [0, 0.1) is 0 Å². The first-order valence-electron chi connectivity index (χ1n) is 5.82. The molecule has 0 bridgehead atoms. The minimum atomic E-state index is -0.236. The van der Waals surface area contributed by atoms with Crippen LogP contribution in [0.2, 0.25) is 0 Å².